The quantitative estimate of drug-likeness (QED) is 0.182. The standard InChI is InChI=1S/C30H33N3O7/c1-21(19-40-20-34)31-13-12-26(25-16-28(38-2)29(39-3)17-27(25)31)32(18-22-8-5-4-6-9-22)30(35)15-23-10-7-11-24(14-23)33(36)37/h4-11,14,16-17,20-21,26H,12-13,15,18-19H2,1-3H3. The second-order valence-electron chi connectivity index (χ2n) is 9.65. The first-order chi connectivity index (χ1) is 19.4. The van der Waals surface area contributed by atoms with Gasteiger partial charge in [0.25, 0.3) is 12.2 Å². The van der Waals surface area contributed by atoms with E-state index >= 15 is 0 Å². The van der Waals surface area contributed by atoms with Crippen molar-refractivity contribution in [2.75, 3.05) is 32.3 Å². The Bertz CT molecular complexity index is 1350. The lowest BCUT2D eigenvalue weighted by atomic mass is 9.92. The van der Waals surface area contributed by atoms with E-state index < -0.39 is 4.92 Å². The first-order valence-corrected chi connectivity index (χ1v) is 13.0. The summed E-state index contributed by atoms with van der Waals surface area (Å²) < 4.78 is 16.3. The Morgan fingerprint density at radius 1 is 1.07 bits per heavy atom. The lowest BCUT2D eigenvalue weighted by molar-refractivity contribution is -0.384. The van der Waals surface area contributed by atoms with E-state index in [9.17, 15) is 19.7 Å². The second kappa shape index (κ2) is 13.0. The Hall–Kier alpha value is -4.60. The minimum absolute atomic E-state index is 0.0148. The van der Waals surface area contributed by atoms with E-state index in [4.69, 9.17) is 14.2 Å². The van der Waals surface area contributed by atoms with E-state index in [-0.39, 0.29) is 36.7 Å². The number of carbonyl (C=O) groups is 2. The van der Waals surface area contributed by atoms with Crippen molar-refractivity contribution in [1.82, 2.24) is 4.90 Å². The number of anilines is 1. The van der Waals surface area contributed by atoms with Crippen LogP contribution in [0, 0.1) is 10.1 Å². The molecule has 0 aliphatic carbocycles. The molecule has 0 bridgehead atoms. The maximum atomic E-state index is 14.0. The van der Waals surface area contributed by atoms with Gasteiger partial charge in [-0.15, -0.1) is 0 Å². The van der Waals surface area contributed by atoms with Crippen LogP contribution in [0.3, 0.4) is 0 Å². The summed E-state index contributed by atoms with van der Waals surface area (Å²) in [5, 5.41) is 11.3. The molecule has 210 valence electrons. The molecule has 40 heavy (non-hydrogen) atoms. The van der Waals surface area contributed by atoms with Gasteiger partial charge in [0.2, 0.25) is 5.91 Å². The normalized spacial score (nSPS) is 15.0. The van der Waals surface area contributed by atoms with E-state index in [0.717, 1.165) is 16.8 Å². The number of non-ortho nitro benzene ring substituents is 1. The van der Waals surface area contributed by atoms with Gasteiger partial charge in [-0.3, -0.25) is 19.7 Å². The Labute approximate surface area is 233 Å². The van der Waals surface area contributed by atoms with Gasteiger partial charge in [-0.1, -0.05) is 42.5 Å². The third-order valence-electron chi connectivity index (χ3n) is 7.15. The Morgan fingerprint density at radius 3 is 2.45 bits per heavy atom. The van der Waals surface area contributed by atoms with Crippen LogP contribution in [0.4, 0.5) is 11.4 Å². The average molecular weight is 548 g/mol. The summed E-state index contributed by atoms with van der Waals surface area (Å²) in [5.41, 5.74) is 3.22. The summed E-state index contributed by atoms with van der Waals surface area (Å²) in [6.45, 7) is 3.58. The average Bonchev–Trinajstić information content (AvgIpc) is 2.98. The minimum atomic E-state index is -0.461. The summed E-state index contributed by atoms with van der Waals surface area (Å²) in [6.07, 6.45) is 0.627. The Kier molecular flexibility index (Phi) is 9.21. The molecule has 3 aromatic rings. The molecule has 0 fully saturated rings. The molecule has 1 heterocycles. The molecule has 0 aromatic heterocycles. The molecule has 2 unspecified atom stereocenters. The number of nitro groups is 1. The lowest BCUT2D eigenvalue weighted by Gasteiger charge is -2.43. The van der Waals surface area contributed by atoms with E-state index in [2.05, 4.69) is 4.90 Å². The summed E-state index contributed by atoms with van der Waals surface area (Å²) in [5.74, 6) is 0.935. The highest BCUT2D eigenvalue weighted by molar-refractivity contribution is 5.80. The molecule has 1 aliphatic heterocycles. The number of ether oxygens (including phenoxy) is 3. The van der Waals surface area contributed by atoms with Gasteiger partial charge in [0.15, 0.2) is 11.5 Å². The van der Waals surface area contributed by atoms with Crippen LogP contribution < -0.4 is 14.4 Å². The van der Waals surface area contributed by atoms with Gasteiger partial charge in [0, 0.05) is 42.5 Å². The van der Waals surface area contributed by atoms with Gasteiger partial charge in [-0.05, 0) is 30.5 Å². The number of nitrogens with zero attached hydrogens (tertiary/aromatic N) is 3. The number of fused-ring (bicyclic) bond motifs is 1. The molecule has 0 spiro atoms. The van der Waals surface area contributed by atoms with Crippen molar-refractivity contribution < 1.29 is 28.7 Å². The predicted molar refractivity (Wildman–Crippen MR) is 150 cm³/mol. The molecule has 1 aliphatic rings. The van der Waals surface area contributed by atoms with Crippen molar-refractivity contribution in [1.29, 1.82) is 0 Å². The maximum Gasteiger partial charge on any atom is 0.293 e. The first kappa shape index (κ1) is 28.4. The molecular weight excluding hydrogens is 514 g/mol. The number of nitro benzene ring substituents is 1. The van der Waals surface area contributed by atoms with Crippen LogP contribution in [0.2, 0.25) is 0 Å². The van der Waals surface area contributed by atoms with Crippen molar-refractivity contribution in [2.45, 2.75) is 38.4 Å². The molecule has 2 atom stereocenters. The SMILES string of the molecule is COc1cc2c(cc1OC)N(C(C)COC=O)CCC2N(Cc1ccccc1)C(=O)Cc1cccc([N+](=O)[O-])c1. The Balaban J connectivity index is 1.76. The highest BCUT2D eigenvalue weighted by Crippen LogP contribution is 2.45. The number of hydrogen-bond donors (Lipinski definition) is 0. The van der Waals surface area contributed by atoms with E-state index in [1.165, 1.54) is 12.1 Å². The molecule has 3 aromatic carbocycles. The topological polar surface area (TPSA) is 111 Å². The van der Waals surface area contributed by atoms with Crippen LogP contribution in [-0.2, 0) is 27.3 Å². The van der Waals surface area contributed by atoms with E-state index in [1.54, 1.807) is 26.4 Å². The molecule has 10 nitrogen and oxygen atoms in total. The highest BCUT2D eigenvalue weighted by Gasteiger charge is 2.35. The molecular formula is C30H33N3O7. The number of rotatable bonds is 12. The largest absolute Gasteiger partial charge is 0.493 e. The van der Waals surface area contributed by atoms with E-state index in [0.29, 0.717) is 43.0 Å². The van der Waals surface area contributed by atoms with Crippen LogP contribution in [0.5, 0.6) is 11.5 Å². The van der Waals surface area contributed by atoms with Crippen molar-refractivity contribution in [3.05, 3.63) is 93.5 Å². The van der Waals surface area contributed by atoms with Crippen LogP contribution in [0.1, 0.15) is 36.1 Å². The van der Waals surface area contributed by atoms with Gasteiger partial charge >= 0.3 is 0 Å². The van der Waals surface area contributed by atoms with Crippen molar-refractivity contribution in [3.8, 4) is 11.5 Å². The molecule has 0 saturated heterocycles. The molecule has 4 rings (SSSR count). The predicted octanol–water partition coefficient (Wildman–Crippen LogP) is 4.70. The van der Waals surface area contributed by atoms with Gasteiger partial charge in [0.05, 0.1) is 37.6 Å². The van der Waals surface area contributed by atoms with Crippen LogP contribution >= 0.6 is 0 Å². The zero-order chi connectivity index (χ0) is 28.6. The van der Waals surface area contributed by atoms with Gasteiger partial charge in [0.1, 0.15) is 6.61 Å². The van der Waals surface area contributed by atoms with Crippen LogP contribution in [-0.4, -0.2) is 55.6 Å². The number of methoxy groups -OCH3 is 2. The van der Waals surface area contributed by atoms with E-state index in [1.807, 2.05) is 54.3 Å². The fourth-order valence-corrected chi connectivity index (χ4v) is 5.20. The monoisotopic (exact) mass is 547 g/mol. The van der Waals surface area contributed by atoms with Gasteiger partial charge < -0.3 is 24.0 Å². The third kappa shape index (κ3) is 6.33. The third-order valence-corrected chi connectivity index (χ3v) is 7.15. The maximum absolute atomic E-state index is 14.0. The second-order valence-corrected chi connectivity index (χ2v) is 9.65. The van der Waals surface area contributed by atoms with Crippen LogP contribution in [0.25, 0.3) is 0 Å². The van der Waals surface area contributed by atoms with Crippen molar-refractivity contribution in [2.24, 2.45) is 0 Å². The summed E-state index contributed by atoms with van der Waals surface area (Å²) in [6, 6.07) is 19.3. The number of carbonyl (C=O) groups excluding carboxylic acids is 2. The van der Waals surface area contributed by atoms with Gasteiger partial charge in [-0.2, -0.15) is 0 Å². The molecule has 10 heteroatoms. The van der Waals surface area contributed by atoms with Crippen LogP contribution in [0.15, 0.2) is 66.7 Å². The first-order valence-electron chi connectivity index (χ1n) is 13.0. The smallest absolute Gasteiger partial charge is 0.293 e. The fourth-order valence-electron chi connectivity index (χ4n) is 5.20. The number of amides is 1. The highest BCUT2D eigenvalue weighted by atomic mass is 16.6. The zero-order valence-corrected chi connectivity index (χ0v) is 22.8. The number of hydrogen-bond acceptors (Lipinski definition) is 8. The zero-order valence-electron chi connectivity index (χ0n) is 22.8. The van der Waals surface area contributed by atoms with Crippen molar-refractivity contribution >= 4 is 23.8 Å². The lowest BCUT2D eigenvalue weighted by Crippen LogP contribution is -2.45. The number of benzene rings is 3. The minimum Gasteiger partial charge on any atom is -0.493 e. The van der Waals surface area contributed by atoms with Gasteiger partial charge in [-0.25, -0.2) is 0 Å². The summed E-state index contributed by atoms with van der Waals surface area (Å²) in [7, 11) is 3.13. The molecule has 0 radical (unpaired) electrons. The summed E-state index contributed by atoms with van der Waals surface area (Å²) >= 11 is 0. The molecule has 0 N–H and O–H groups in total. The molecule has 0 saturated carbocycles. The fraction of sp³-hybridized carbons (Fsp3) is 0.333. The van der Waals surface area contributed by atoms with Crippen molar-refractivity contribution in [3.63, 3.8) is 0 Å². The molecule has 1 amide bonds. The summed E-state index contributed by atoms with van der Waals surface area (Å²) in [4.78, 5) is 39.7. The Morgan fingerprint density at radius 2 is 1.77 bits per heavy atom.